The Morgan fingerprint density at radius 3 is 1.24 bits per heavy atom. The van der Waals surface area contributed by atoms with E-state index in [0.717, 1.165) is 25.7 Å². The maximum Gasteiger partial charge on any atom is 0.306 e. The highest BCUT2D eigenvalue weighted by atomic mass is 16.2. The number of nitrogens with zero attached hydrogens (tertiary/aromatic N) is 6. The zero-order valence-electron chi connectivity index (χ0n) is 32.6. The molecule has 0 radical (unpaired) electrons. The number of imidazole rings is 2. The largest absolute Gasteiger partial charge is 0.337 e. The summed E-state index contributed by atoms with van der Waals surface area (Å²) in [5.74, 6) is 1.06. The molecule has 4 aromatic rings. The molecule has 0 N–H and O–H groups in total. The van der Waals surface area contributed by atoms with Gasteiger partial charge in [0.05, 0.1) is 23.2 Å². The van der Waals surface area contributed by atoms with Gasteiger partial charge in [-0.25, -0.2) is 9.13 Å². The molecule has 2 aliphatic rings. The van der Waals surface area contributed by atoms with E-state index in [0.29, 0.717) is 0 Å². The quantitative estimate of drug-likeness (QED) is 0.207. The summed E-state index contributed by atoms with van der Waals surface area (Å²) in [6.45, 7) is 18.7. The summed E-state index contributed by atoms with van der Waals surface area (Å²) in [6, 6.07) is 13.6. The number of hydrogen-bond acceptors (Lipinski definition) is 2. The SMILES string of the molecule is CC(C)c1cccc(C(C)C)c1C1(c2c(C(C)C)cccc2C(C)C)n2cc[n+](c2)CC(=O)N(C)[C@@H]2CCCC[C@H]2N(C)C(=O)C[n+]2ccn1c2. The summed E-state index contributed by atoms with van der Waals surface area (Å²) in [6.07, 6.45) is 16.7. The van der Waals surface area contributed by atoms with Crippen molar-refractivity contribution >= 4 is 11.8 Å². The van der Waals surface area contributed by atoms with E-state index in [4.69, 9.17) is 0 Å². The highest BCUT2D eigenvalue weighted by molar-refractivity contribution is 5.76. The average molecular weight is 693 g/mol. The maximum atomic E-state index is 14.2. The van der Waals surface area contributed by atoms with E-state index in [1.807, 2.05) is 23.9 Å². The van der Waals surface area contributed by atoms with Crippen molar-refractivity contribution in [3.8, 4) is 0 Å². The van der Waals surface area contributed by atoms with Crippen LogP contribution in [0.15, 0.2) is 73.8 Å². The third-order valence-corrected chi connectivity index (χ3v) is 11.7. The number of fused-ring (bicyclic) bond motifs is 5. The molecule has 6 rings (SSSR count). The summed E-state index contributed by atoms with van der Waals surface area (Å²) in [7, 11) is 3.86. The first kappa shape index (κ1) is 36.6. The third kappa shape index (κ3) is 6.44. The summed E-state index contributed by atoms with van der Waals surface area (Å²) in [4.78, 5) is 32.2. The van der Waals surface area contributed by atoms with Gasteiger partial charge >= 0.3 is 5.66 Å². The summed E-state index contributed by atoms with van der Waals surface area (Å²) < 4.78 is 8.80. The van der Waals surface area contributed by atoms with E-state index in [-0.39, 0.29) is 60.7 Å². The number of aromatic nitrogens is 4. The smallest absolute Gasteiger partial charge is 0.306 e. The van der Waals surface area contributed by atoms with E-state index in [1.165, 1.54) is 33.4 Å². The van der Waals surface area contributed by atoms with Crippen LogP contribution in [0.5, 0.6) is 0 Å². The van der Waals surface area contributed by atoms with Gasteiger partial charge in [0, 0.05) is 14.1 Å². The Morgan fingerprint density at radius 1 is 0.588 bits per heavy atom. The average Bonchev–Trinajstić information content (AvgIpc) is 3.77. The van der Waals surface area contributed by atoms with Crippen LogP contribution >= 0.6 is 0 Å². The number of likely N-dealkylation sites (N-methyl/N-ethyl adjacent to an activating group) is 2. The van der Waals surface area contributed by atoms with Crippen LogP contribution in [0.2, 0.25) is 0 Å². The molecule has 2 atom stereocenters. The Balaban J connectivity index is 1.77. The van der Waals surface area contributed by atoms with Crippen molar-refractivity contribution in [3.05, 3.63) is 107 Å². The van der Waals surface area contributed by atoms with Gasteiger partial charge < -0.3 is 9.80 Å². The second kappa shape index (κ2) is 14.4. The summed E-state index contributed by atoms with van der Waals surface area (Å²) in [5.41, 5.74) is 6.73. The van der Waals surface area contributed by atoms with Crippen LogP contribution in [-0.4, -0.2) is 56.9 Å². The number of amides is 2. The molecule has 1 aliphatic heterocycles. The molecule has 51 heavy (non-hydrogen) atoms. The fraction of sp³-hybridized carbons (Fsp3) is 0.535. The first-order chi connectivity index (χ1) is 24.3. The second-order valence-corrected chi connectivity index (χ2v) is 16.3. The highest BCUT2D eigenvalue weighted by Crippen LogP contribution is 2.48. The van der Waals surface area contributed by atoms with Crippen LogP contribution in [0.1, 0.15) is 138 Å². The summed E-state index contributed by atoms with van der Waals surface area (Å²) >= 11 is 0. The summed E-state index contributed by atoms with van der Waals surface area (Å²) in [5, 5.41) is 0. The molecule has 2 aromatic heterocycles. The molecule has 1 fully saturated rings. The van der Waals surface area contributed by atoms with E-state index in [2.05, 4.69) is 147 Å². The number of carbonyl (C=O) groups is 2. The lowest BCUT2D eigenvalue weighted by Crippen LogP contribution is -2.57. The molecule has 8 nitrogen and oxygen atoms in total. The number of benzene rings is 2. The van der Waals surface area contributed by atoms with Crippen LogP contribution in [0, 0.1) is 0 Å². The standard InChI is InChI=1S/C43H60N6O2/c1-29(2)33-15-13-16-34(30(3)4)41(33)43(42-35(31(5)6)17-14-18-36(42)32(7)8)48-23-21-46(27-48)25-39(50)44(9)37-19-11-12-20-38(37)45(10)40(51)26-47-22-24-49(43)28-47/h13-18,21-24,27-32,37-38H,11-12,19-20,25-26H2,1-10H3/q+2/t37-,38-/m1/s1. The van der Waals surface area contributed by atoms with Gasteiger partial charge in [-0.15, -0.1) is 0 Å². The van der Waals surface area contributed by atoms with Crippen molar-refractivity contribution in [2.75, 3.05) is 14.1 Å². The molecule has 4 bridgehead atoms. The van der Waals surface area contributed by atoms with Crippen LogP contribution in [0.25, 0.3) is 0 Å². The van der Waals surface area contributed by atoms with Gasteiger partial charge in [-0.1, -0.05) is 105 Å². The number of hydrogen-bond donors (Lipinski definition) is 0. The fourth-order valence-electron chi connectivity index (χ4n) is 8.94. The molecule has 0 unspecified atom stereocenters. The molecule has 1 saturated carbocycles. The monoisotopic (exact) mass is 692 g/mol. The van der Waals surface area contributed by atoms with Crippen molar-refractivity contribution < 1.29 is 18.7 Å². The second-order valence-electron chi connectivity index (χ2n) is 16.3. The van der Waals surface area contributed by atoms with E-state index >= 15 is 0 Å². The first-order valence-electron chi connectivity index (χ1n) is 19.2. The molecule has 2 amide bonds. The van der Waals surface area contributed by atoms with Crippen LogP contribution in [-0.2, 0) is 28.3 Å². The predicted octanol–water partition coefficient (Wildman–Crippen LogP) is 6.90. The van der Waals surface area contributed by atoms with E-state index in [1.54, 1.807) is 0 Å². The lowest BCUT2D eigenvalue weighted by Gasteiger charge is -2.42. The van der Waals surface area contributed by atoms with Crippen LogP contribution in [0.3, 0.4) is 0 Å². The van der Waals surface area contributed by atoms with Crippen molar-refractivity contribution in [1.82, 2.24) is 18.9 Å². The minimum atomic E-state index is -0.893. The zero-order chi connectivity index (χ0) is 36.8. The fourth-order valence-corrected chi connectivity index (χ4v) is 8.94. The molecule has 8 heteroatoms. The van der Waals surface area contributed by atoms with Gasteiger partial charge in [0.25, 0.3) is 11.8 Å². The molecule has 3 heterocycles. The van der Waals surface area contributed by atoms with Crippen molar-refractivity contribution in [3.63, 3.8) is 0 Å². The van der Waals surface area contributed by atoms with E-state index in [9.17, 15) is 9.59 Å². The van der Waals surface area contributed by atoms with Crippen molar-refractivity contribution in [2.45, 2.75) is 136 Å². The highest BCUT2D eigenvalue weighted by Gasteiger charge is 2.54. The normalized spacial score (nSPS) is 20.0. The van der Waals surface area contributed by atoms with Gasteiger partial charge in [0.2, 0.25) is 12.7 Å². The molecule has 1 aliphatic carbocycles. The number of carbonyl (C=O) groups excluding carboxylic acids is 2. The van der Waals surface area contributed by atoms with Crippen LogP contribution in [0.4, 0.5) is 0 Å². The van der Waals surface area contributed by atoms with Gasteiger partial charge in [0.1, 0.15) is 24.8 Å². The molecule has 0 spiro atoms. The first-order valence-corrected chi connectivity index (χ1v) is 19.2. The molecular weight excluding hydrogens is 633 g/mol. The molecular formula is C43H60N6O2+2. The van der Waals surface area contributed by atoms with Crippen LogP contribution < -0.4 is 9.13 Å². The lowest BCUT2D eigenvalue weighted by molar-refractivity contribution is -0.685. The Morgan fingerprint density at radius 2 is 0.922 bits per heavy atom. The minimum Gasteiger partial charge on any atom is -0.337 e. The number of rotatable bonds is 6. The van der Waals surface area contributed by atoms with Gasteiger partial charge in [-0.3, -0.25) is 9.59 Å². The molecule has 272 valence electrons. The van der Waals surface area contributed by atoms with Gasteiger partial charge in [0.15, 0.2) is 13.1 Å². The third-order valence-electron chi connectivity index (χ3n) is 11.7. The van der Waals surface area contributed by atoms with Crippen molar-refractivity contribution in [1.29, 1.82) is 0 Å². The predicted molar refractivity (Wildman–Crippen MR) is 202 cm³/mol. The Hall–Kier alpha value is -4.20. The van der Waals surface area contributed by atoms with Gasteiger partial charge in [-0.05, 0) is 58.8 Å². The molecule has 2 aromatic carbocycles. The Bertz CT molecular complexity index is 1690. The van der Waals surface area contributed by atoms with Gasteiger partial charge in [-0.2, -0.15) is 9.13 Å². The topological polar surface area (TPSA) is 58.2 Å². The lowest BCUT2D eigenvalue weighted by atomic mass is 9.73. The Labute approximate surface area is 305 Å². The Kier molecular flexibility index (Phi) is 10.4. The van der Waals surface area contributed by atoms with E-state index < -0.39 is 5.66 Å². The minimum absolute atomic E-state index is 0.0141. The molecule has 0 saturated heterocycles. The maximum absolute atomic E-state index is 14.2. The van der Waals surface area contributed by atoms with Crippen molar-refractivity contribution in [2.24, 2.45) is 0 Å². The zero-order valence-corrected chi connectivity index (χ0v) is 32.6.